The van der Waals surface area contributed by atoms with Crippen molar-refractivity contribution in [1.29, 1.82) is 0 Å². The van der Waals surface area contributed by atoms with Crippen molar-refractivity contribution in [3.05, 3.63) is 35.7 Å². The Morgan fingerprint density at radius 2 is 2.44 bits per heavy atom. The van der Waals surface area contributed by atoms with Crippen molar-refractivity contribution >= 4 is 6.29 Å². The van der Waals surface area contributed by atoms with Crippen molar-refractivity contribution in [3.8, 4) is 0 Å². The lowest BCUT2D eigenvalue weighted by atomic mass is 10.3. The molecule has 0 N–H and O–H groups in total. The second-order valence-electron chi connectivity index (χ2n) is 3.59. The first kappa shape index (κ1) is 10.6. The van der Waals surface area contributed by atoms with Crippen molar-refractivity contribution in [3.63, 3.8) is 0 Å². The van der Waals surface area contributed by atoms with Gasteiger partial charge in [0.05, 0.1) is 0 Å². The molecule has 0 aliphatic carbocycles. The van der Waals surface area contributed by atoms with Crippen LogP contribution in [0, 0.1) is 0 Å². The number of hydrogen-bond acceptors (Lipinski definition) is 4. The Balaban J connectivity index is 2.05. The molecule has 0 bridgehead atoms. The molecule has 0 aliphatic rings. The SMILES string of the molecule is CCCc1noc(Cn2ccc(C=O)c2)n1. The van der Waals surface area contributed by atoms with Crippen LogP contribution in [0.25, 0.3) is 0 Å². The molecule has 0 unspecified atom stereocenters. The monoisotopic (exact) mass is 219 g/mol. The summed E-state index contributed by atoms with van der Waals surface area (Å²) in [4.78, 5) is 14.7. The van der Waals surface area contributed by atoms with Crippen molar-refractivity contribution < 1.29 is 9.32 Å². The van der Waals surface area contributed by atoms with E-state index in [9.17, 15) is 4.79 Å². The predicted molar refractivity (Wildman–Crippen MR) is 57.2 cm³/mol. The van der Waals surface area contributed by atoms with Crippen LogP contribution >= 0.6 is 0 Å². The van der Waals surface area contributed by atoms with Crippen LogP contribution in [-0.4, -0.2) is 21.0 Å². The molecule has 0 saturated heterocycles. The second-order valence-corrected chi connectivity index (χ2v) is 3.59. The van der Waals surface area contributed by atoms with Gasteiger partial charge in [-0.3, -0.25) is 4.79 Å². The Labute approximate surface area is 93.1 Å². The zero-order valence-electron chi connectivity index (χ0n) is 9.09. The highest BCUT2D eigenvalue weighted by molar-refractivity contribution is 5.74. The molecule has 0 aromatic carbocycles. The summed E-state index contributed by atoms with van der Waals surface area (Å²) in [6, 6.07) is 1.75. The lowest BCUT2D eigenvalue weighted by Crippen LogP contribution is -1.97. The molecule has 5 heteroatoms. The van der Waals surface area contributed by atoms with Gasteiger partial charge in [0.2, 0.25) is 5.89 Å². The fourth-order valence-electron chi connectivity index (χ4n) is 1.46. The Morgan fingerprint density at radius 1 is 1.56 bits per heavy atom. The summed E-state index contributed by atoms with van der Waals surface area (Å²) in [6.45, 7) is 2.57. The van der Waals surface area contributed by atoms with Crippen LogP contribution in [-0.2, 0) is 13.0 Å². The van der Waals surface area contributed by atoms with Crippen LogP contribution in [0.4, 0.5) is 0 Å². The minimum Gasteiger partial charge on any atom is -0.344 e. The van der Waals surface area contributed by atoms with Crippen LogP contribution in [0.1, 0.15) is 35.4 Å². The maximum Gasteiger partial charge on any atom is 0.246 e. The van der Waals surface area contributed by atoms with Gasteiger partial charge in [-0.25, -0.2) is 0 Å². The second kappa shape index (κ2) is 4.74. The van der Waals surface area contributed by atoms with E-state index in [1.54, 1.807) is 12.3 Å². The summed E-state index contributed by atoms with van der Waals surface area (Å²) < 4.78 is 6.93. The first-order valence-corrected chi connectivity index (χ1v) is 5.24. The smallest absolute Gasteiger partial charge is 0.246 e. The van der Waals surface area contributed by atoms with Crippen LogP contribution in [0.3, 0.4) is 0 Å². The third kappa shape index (κ3) is 2.36. The Hall–Kier alpha value is -1.91. The summed E-state index contributed by atoms with van der Waals surface area (Å²) in [5.74, 6) is 1.30. The number of hydrogen-bond donors (Lipinski definition) is 0. The molecule has 0 radical (unpaired) electrons. The van der Waals surface area contributed by atoms with E-state index in [-0.39, 0.29) is 0 Å². The van der Waals surface area contributed by atoms with Gasteiger partial charge in [0, 0.05) is 24.4 Å². The van der Waals surface area contributed by atoms with Gasteiger partial charge in [-0.15, -0.1) is 0 Å². The molecule has 84 valence electrons. The highest BCUT2D eigenvalue weighted by Crippen LogP contribution is 2.04. The quantitative estimate of drug-likeness (QED) is 0.718. The Morgan fingerprint density at radius 3 is 3.12 bits per heavy atom. The topological polar surface area (TPSA) is 60.9 Å². The molecule has 2 aromatic rings. The summed E-state index contributed by atoms with van der Waals surface area (Å²) in [7, 11) is 0. The van der Waals surface area contributed by atoms with E-state index < -0.39 is 0 Å². The van der Waals surface area contributed by atoms with Gasteiger partial charge in [-0.1, -0.05) is 12.1 Å². The summed E-state index contributed by atoms with van der Waals surface area (Å²) in [5.41, 5.74) is 0.647. The molecule has 2 heterocycles. The molecule has 0 aliphatic heterocycles. The Kier molecular flexibility index (Phi) is 3.14. The van der Waals surface area contributed by atoms with E-state index in [0.717, 1.165) is 25.0 Å². The molecule has 0 atom stereocenters. The highest BCUT2D eigenvalue weighted by atomic mass is 16.5. The molecule has 2 aromatic heterocycles. The molecule has 0 fully saturated rings. The standard InChI is InChI=1S/C11H13N3O2/c1-2-3-10-12-11(16-13-10)7-14-5-4-9(6-14)8-15/h4-6,8H,2-3,7H2,1H3. The van der Waals surface area contributed by atoms with Gasteiger partial charge >= 0.3 is 0 Å². The third-order valence-electron chi connectivity index (χ3n) is 2.21. The van der Waals surface area contributed by atoms with Gasteiger partial charge in [-0.2, -0.15) is 4.98 Å². The maximum atomic E-state index is 10.5. The number of aryl methyl sites for hydroxylation is 1. The van der Waals surface area contributed by atoms with Crippen molar-refractivity contribution in [2.75, 3.05) is 0 Å². The minimum absolute atomic E-state index is 0.505. The fourth-order valence-corrected chi connectivity index (χ4v) is 1.46. The number of nitrogens with zero attached hydrogens (tertiary/aromatic N) is 3. The maximum absolute atomic E-state index is 10.5. The fraction of sp³-hybridized carbons (Fsp3) is 0.364. The van der Waals surface area contributed by atoms with Gasteiger partial charge in [-0.05, 0) is 12.5 Å². The zero-order valence-corrected chi connectivity index (χ0v) is 9.09. The first-order chi connectivity index (χ1) is 7.81. The van der Waals surface area contributed by atoms with Crippen LogP contribution in [0.2, 0.25) is 0 Å². The minimum atomic E-state index is 0.505. The average Bonchev–Trinajstić information content (AvgIpc) is 2.89. The van der Waals surface area contributed by atoms with E-state index in [4.69, 9.17) is 4.52 Å². The van der Waals surface area contributed by atoms with E-state index in [1.807, 2.05) is 10.8 Å². The summed E-state index contributed by atoms with van der Waals surface area (Å²) in [5, 5.41) is 3.86. The largest absolute Gasteiger partial charge is 0.344 e. The first-order valence-electron chi connectivity index (χ1n) is 5.24. The van der Waals surface area contributed by atoms with E-state index in [2.05, 4.69) is 17.1 Å². The number of aldehydes is 1. The molecule has 2 rings (SSSR count). The number of aromatic nitrogens is 3. The van der Waals surface area contributed by atoms with Crippen molar-refractivity contribution in [2.45, 2.75) is 26.3 Å². The highest BCUT2D eigenvalue weighted by Gasteiger charge is 2.06. The van der Waals surface area contributed by atoms with Gasteiger partial charge < -0.3 is 9.09 Å². The van der Waals surface area contributed by atoms with Crippen molar-refractivity contribution in [1.82, 2.24) is 14.7 Å². The van der Waals surface area contributed by atoms with E-state index in [1.165, 1.54) is 0 Å². The van der Waals surface area contributed by atoms with Crippen LogP contribution in [0.5, 0.6) is 0 Å². The Bertz CT molecular complexity index is 473. The summed E-state index contributed by atoms with van der Waals surface area (Å²) in [6.07, 6.45) is 6.20. The average molecular weight is 219 g/mol. The van der Waals surface area contributed by atoms with Crippen LogP contribution < -0.4 is 0 Å². The molecule has 0 spiro atoms. The van der Waals surface area contributed by atoms with Gasteiger partial charge in [0.1, 0.15) is 6.54 Å². The molecular weight excluding hydrogens is 206 g/mol. The molecule has 0 amide bonds. The van der Waals surface area contributed by atoms with E-state index in [0.29, 0.717) is 18.0 Å². The molecule has 5 nitrogen and oxygen atoms in total. The van der Waals surface area contributed by atoms with E-state index >= 15 is 0 Å². The lowest BCUT2D eigenvalue weighted by molar-refractivity contribution is 0.112. The molecule has 0 saturated carbocycles. The lowest BCUT2D eigenvalue weighted by Gasteiger charge is -1.95. The normalized spacial score (nSPS) is 10.6. The summed E-state index contributed by atoms with van der Waals surface area (Å²) >= 11 is 0. The van der Waals surface area contributed by atoms with Gasteiger partial charge in [0.15, 0.2) is 12.1 Å². The van der Waals surface area contributed by atoms with Crippen molar-refractivity contribution in [2.24, 2.45) is 0 Å². The number of carbonyl (C=O) groups is 1. The third-order valence-corrected chi connectivity index (χ3v) is 2.21. The molecule has 16 heavy (non-hydrogen) atoms. The predicted octanol–water partition coefficient (Wildman–Crippen LogP) is 1.68. The van der Waals surface area contributed by atoms with Gasteiger partial charge in [0.25, 0.3) is 0 Å². The molecular formula is C11H13N3O2. The zero-order chi connectivity index (χ0) is 11.4. The number of rotatable bonds is 5. The van der Waals surface area contributed by atoms with Crippen LogP contribution in [0.15, 0.2) is 23.0 Å². The number of carbonyl (C=O) groups excluding carboxylic acids is 1.